The molecular formula is C16H22N2O3. The van der Waals surface area contributed by atoms with Crippen LogP contribution in [0, 0.1) is 5.92 Å². The number of benzene rings is 1. The Kier molecular flexibility index (Phi) is 4.50. The van der Waals surface area contributed by atoms with E-state index >= 15 is 0 Å². The van der Waals surface area contributed by atoms with Crippen molar-refractivity contribution < 1.29 is 14.7 Å². The van der Waals surface area contributed by atoms with Crippen LogP contribution >= 0.6 is 0 Å². The highest BCUT2D eigenvalue weighted by atomic mass is 16.4. The van der Waals surface area contributed by atoms with Gasteiger partial charge in [-0.15, -0.1) is 0 Å². The van der Waals surface area contributed by atoms with Crippen LogP contribution in [0.2, 0.25) is 0 Å². The van der Waals surface area contributed by atoms with Crippen molar-refractivity contribution >= 4 is 12.0 Å². The Hall–Kier alpha value is -2.04. The molecule has 0 saturated carbocycles. The summed E-state index contributed by atoms with van der Waals surface area (Å²) in [6.07, 6.45) is 0.368. The smallest absolute Gasteiger partial charge is 0.326 e. The lowest BCUT2D eigenvalue weighted by molar-refractivity contribution is -0.142. The second-order valence-electron chi connectivity index (χ2n) is 6.01. The average Bonchev–Trinajstić information content (AvgIpc) is 2.44. The first kappa shape index (κ1) is 15.4. The molecule has 21 heavy (non-hydrogen) atoms. The van der Waals surface area contributed by atoms with Crippen LogP contribution in [0.4, 0.5) is 4.79 Å². The van der Waals surface area contributed by atoms with Gasteiger partial charge in [0.05, 0.1) is 0 Å². The van der Waals surface area contributed by atoms with E-state index < -0.39 is 12.0 Å². The van der Waals surface area contributed by atoms with Gasteiger partial charge >= 0.3 is 12.0 Å². The molecule has 0 unspecified atom stereocenters. The van der Waals surface area contributed by atoms with Crippen LogP contribution in [-0.4, -0.2) is 46.5 Å². The van der Waals surface area contributed by atoms with Gasteiger partial charge in [-0.2, -0.15) is 0 Å². The Morgan fingerprint density at radius 2 is 1.95 bits per heavy atom. The lowest BCUT2D eigenvalue weighted by Crippen LogP contribution is -2.53. The summed E-state index contributed by atoms with van der Waals surface area (Å²) in [6, 6.07) is 6.70. The van der Waals surface area contributed by atoms with Crippen molar-refractivity contribution in [2.45, 2.75) is 32.9 Å². The summed E-state index contributed by atoms with van der Waals surface area (Å²) in [7, 11) is 1.72. The van der Waals surface area contributed by atoms with Crippen LogP contribution in [0.15, 0.2) is 24.3 Å². The molecule has 2 amide bonds. The lowest BCUT2D eigenvalue weighted by atomic mass is 9.94. The van der Waals surface area contributed by atoms with Gasteiger partial charge in [-0.1, -0.05) is 38.1 Å². The molecule has 1 heterocycles. The molecule has 0 saturated heterocycles. The van der Waals surface area contributed by atoms with Gasteiger partial charge in [0, 0.05) is 26.6 Å². The third-order valence-electron chi connectivity index (χ3n) is 3.74. The molecule has 0 aromatic heterocycles. The summed E-state index contributed by atoms with van der Waals surface area (Å²) in [4.78, 5) is 27.1. The molecule has 5 nitrogen and oxygen atoms in total. The van der Waals surface area contributed by atoms with E-state index in [0.717, 1.165) is 11.1 Å². The Balaban J connectivity index is 2.24. The van der Waals surface area contributed by atoms with E-state index in [4.69, 9.17) is 0 Å². The Morgan fingerprint density at radius 1 is 1.33 bits per heavy atom. The van der Waals surface area contributed by atoms with E-state index in [2.05, 4.69) is 0 Å². The maximum Gasteiger partial charge on any atom is 0.326 e. The van der Waals surface area contributed by atoms with Gasteiger partial charge in [-0.3, -0.25) is 0 Å². The quantitative estimate of drug-likeness (QED) is 0.928. The van der Waals surface area contributed by atoms with Gasteiger partial charge < -0.3 is 14.9 Å². The summed E-state index contributed by atoms with van der Waals surface area (Å²) < 4.78 is 0. The lowest BCUT2D eigenvalue weighted by Gasteiger charge is -2.37. The van der Waals surface area contributed by atoms with E-state index in [-0.39, 0.29) is 6.03 Å². The molecule has 1 aliphatic rings. The summed E-state index contributed by atoms with van der Waals surface area (Å²) in [5.74, 6) is -0.602. The van der Waals surface area contributed by atoms with Gasteiger partial charge in [0.15, 0.2) is 0 Å². The second-order valence-corrected chi connectivity index (χ2v) is 6.01. The maximum atomic E-state index is 12.5. The first-order valence-corrected chi connectivity index (χ1v) is 7.21. The highest BCUT2D eigenvalue weighted by molar-refractivity contribution is 5.83. The van der Waals surface area contributed by atoms with Crippen molar-refractivity contribution in [3.63, 3.8) is 0 Å². The maximum absolute atomic E-state index is 12.5. The van der Waals surface area contributed by atoms with E-state index in [1.807, 2.05) is 38.1 Å². The topological polar surface area (TPSA) is 60.9 Å². The fourth-order valence-electron chi connectivity index (χ4n) is 2.79. The van der Waals surface area contributed by atoms with Crippen molar-refractivity contribution in [1.82, 2.24) is 9.80 Å². The van der Waals surface area contributed by atoms with Gasteiger partial charge in [-0.05, 0) is 17.0 Å². The van der Waals surface area contributed by atoms with Crippen molar-refractivity contribution in [1.29, 1.82) is 0 Å². The molecule has 0 spiro atoms. The van der Waals surface area contributed by atoms with E-state index in [0.29, 0.717) is 25.4 Å². The molecule has 1 aliphatic heterocycles. The van der Waals surface area contributed by atoms with Crippen molar-refractivity contribution in [3.8, 4) is 0 Å². The minimum atomic E-state index is -0.948. The number of fused-ring (bicyclic) bond motifs is 1. The summed E-state index contributed by atoms with van der Waals surface area (Å²) >= 11 is 0. The first-order chi connectivity index (χ1) is 9.90. The highest BCUT2D eigenvalue weighted by Gasteiger charge is 2.35. The fourth-order valence-corrected chi connectivity index (χ4v) is 2.79. The standard InChI is InChI=1S/C16H22N2O3/c1-11(2)9-17(3)16(21)18-10-13-7-5-4-6-12(13)8-14(18)15(19)20/h4-7,11,14H,8-10H2,1-3H3,(H,19,20)/t14-/m0/s1. The monoisotopic (exact) mass is 290 g/mol. The molecule has 0 aliphatic carbocycles. The number of nitrogens with zero attached hydrogens (tertiary/aromatic N) is 2. The largest absolute Gasteiger partial charge is 0.480 e. The molecular weight excluding hydrogens is 268 g/mol. The fraction of sp³-hybridized carbons (Fsp3) is 0.500. The zero-order valence-corrected chi connectivity index (χ0v) is 12.7. The predicted molar refractivity (Wildman–Crippen MR) is 80.0 cm³/mol. The average molecular weight is 290 g/mol. The number of rotatable bonds is 3. The second kappa shape index (κ2) is 6.16. The highest BCUT2D eigenvalue weighted by Crippen LogP contribution is 2.24. The Labute approximate surface area is 125 Å². The molecule has 2 rings (SSSR count). The molecule has 1 aromatic rings. The van der Waals surface area contributed by atoms with E-state index in [1.54, 1.807) is 11.9 Å². The van der Waals surface area contributed by atoms with Gasteiger partial charge in [0.1, 0.15) is 6.04 Å². The first-order valence-electron chi connectivity index (χ1n) is 7.21. The Morgan fingerprint density at radius 3 is 2.52 bits per heavy atom. The number of hydrogen-bond donors (Lipinski definition) is 1. The number of urea groups is 1. The number of aliphatic carboxylic acids is 1. The zero-order chi connectivity index (χ0) is 15.6. The van der Waals surface area contributed by atoms with Gasteiger partial charge in [-0.25, -0.2) is 9.59 Å². The van der Waals surface area contributed by atoms with Crippen LogP contribution in [0.25, 0.3) is 0 Å². The third kappa shape index (κ3) is 3.35. The molecule has 114 valence electrons. The van der Waals surface area contributed by atoms with Crippen LogP contribution in [0.5, 0.6) is 0 Å². The molecule has 1 aromatic carbocycles. The van der Waals surface area contributed by atoms with Crippen molar-refractivity contribution in [2.75, 3.05) is 13.6 Å². The normalized spacial score (nSPS) is 17.5. The Bertz CT molecular complexity index is 542. The molecule has 1 atom stereocenters. The van der Waals surface area contributed by atoms with Crippen LogP contribution < -0.4 is 0 Å². The number of carboxylic acids is 1. The van der Waals surface area contributed by atoms with Crippen LogP contribution in [0.3, 0.4) is 0 Å². The zero-order valence-electron chi connectivity index (χ0n) is 12.7. The molecule has 0 fully saturated rings. The SMILES string of the molecule is CC(C)CN(C)C(=O)N1Cc2ccccc2C[C@H]1C(=O)O. The number of carbonyl (C=O) groups is 2. The summed E-state index contributed by atoms with van der Waals surface area (Å²) in [5, 5.41) is 9.43. The van der Waals surface area contributed by atoms with Crippen molar-refractivity contribution in [3.05, 3.63) is 35.4 Å². The summed E-state index contributed by atoms with van der Waals surface area (Å²) in [6.45, 7) is 5.03. The minimum Gasteiger partial charge on any atom is -0.480 e. The number of carbonyl (C=O) groups excluding carboxylic acids is 1. The minimum absolute atomic E-state index is 0.217. The van der Waals surface area contributed by atoms with Crippen LogP contribution in [-0.2, 0) is 17.8 Å². The van der Waals surface area contributed by atoms with E-state index in [1.165, 1.54) is 4.90 Å². The molecule has 0 bridgehead atoms. The third-order valence-corrected chi connectivity index (χ3v) is 3.74. The number of hydrogen-bond acceptors (Lipinski definition) is 2. The van der Waals surface area contributed by atoms with Gasteiger partial charge in [0.2, 0.25) is 0 Å². The molecule has 5 heteroatoms. The van der Waals surface area contributed by atoms with Gasteiger partial charge in [0.25, 0.3) is 0 Å². The number of carboxylic acid groups (broad SMARTS) is 1. The van der Waals surface area contributed by atoms with Crippen LogP contribution in [0.1, 0.15) is 25.0 Å². The molecule has 0 radical (unpaired) electrons. The predicted octanol–water partition coefficient (Wildman–Crippen LogP) is 2.21. The van der Waals surface area contributed by atoms with Crippen molar-refractivity contribution in [2.24, 2.45) is 5.92 Å². The summed E-state index contributed by atoms with van der Waals surface area (Å²) in [5.41, 5.74) is 2.04. The molecule has 1 N–H and O–H groups in total. The van der Waals surface area contributed by atoms with E-state index in [9.17, 15) is 14.7 Å². The number of amides is 2.